The number of nitriles is 1. The Balaban J connectivity index is 0.00000578. The van der Waals surface area contributed by atoms with E-state index in [1.165, 1.54) is 12.4 Å². The maximum absolute atomic E-state index is 13.6. The topological polar surface area (TPSA) is 144 Å². The Bertz CT molecular complexity index is 1110. The average Bonchev–Trinajstić information content (AvgIpc) is 3.21. The van der Waals surface area contributed by atoms with Gasteiger partial charge in [-0.05, 0) is 37.0 Å². The Morgan fingerprint density at radius 1 is 1.33 bits per heavy atom. The number of amides is 1. The number of hydrogen-bond acceptors (Lipinski definition) is 8. The molecule has 1 heterocycles. The minimum atomic E-state index is -3.59. The van der Waals surface area contributed by atoms with Crippen LogP contribution in [0, 0.1) is 23.0 Å². The van der Waals surface area contributed by atoms with Gasteiger partial charge in [0.05, 0.1) is 24.5 Å². The molecular formula is C20H26F2N4O5S2. The van der Waals surface area contributed by atoms with Gasteiger partial charge in [-0.1, -0.05) is 0 Å². The summed E-state index contributed by atoms with van der Waals surface area (Å²) in [6.45, 7) is 0. The van der Waals surface area contributed by atoms with Crippen LogP contribution in [-0.4, -0.2) is 61.1 Å². The van der Waals surface area contributed by atoms with E-state index in [9.17, 15) is 32.2 Å². The van der Waals surface area contributed by atoms with Crippen molar-refractivity contribution in [2.24, 2.45) is 0 Å². The average molecular weight is 505 g/mol. The fraction of sp³-hybridized carbons (Fsp3) is 0.450. The maximum atomic E-state index is 13.6. The lowest BCUT2D eigenvalue weighted by Crippen LogP contribution is -2.50. The van der Waals surface area contributed by atoms with Crippen LogP contribution in [0.1, 0.15) is 36.7 Å². The molecule has 0 aliphatic heterocycles. The van der Waals surface area contributed by atoms with E-state index in [1.807, 2.05) is 6.07 Å². The van der Waals surface area contributed by atoms with E-state index in [1.54, 1.807) is 0 Å². The molecule has 0 radical (unpaired) electrons. The summed E-state index contributed by atoms with van der Waals surface area (Å²) >= 11 is 0.909. The van der Waals surface area contributed by atoms with E-state index in [4.69, 9.17) is 5.26 Å². The van der Waals surface area contributed by atoms with Gasteiger partial charge in [-0.2, -0.15) is 5.26 Å². The molecule has 0 aliphatic carbocycles. The van der Waals surface area contributed by atoms with Crippen LogP contribution in [0.25, 0.3) is 0 Å². The molecule has 2 aromatic rings. The number of unbranched alkanes of at least 4 members (excludes halogenated alkanes) is 1. The zero-order valence-electron chi connectivity index (χ0n) is 17.9. The van der Waals surface area contributed by atoms with Crippen molar-refractivity contribution in [3.63, 3.8) is 0 Å². The number of aromatic nitrogens is 1. The van der Waals surface area contributed by atoms with Crippen molar-refractivity contribution in [1.29, 1.82) is 5.26 Å². The summed E-state index contributed by atoms with van der Waals surface area (Å²) in [7, 11) is -2.32. The summed E-state index contributed by atoms with van der Waals surface area (Å²) in [6, 6.07) is 3.52. The lowest BCUT2D eigenvalue weighted by atomic mass is 9.95. The monoisotopic (exact) mass is 504 g/mol. The molecule has 1 aromatic carbocycles. The number of hydrogen-bond donors (Lipinski definition) is 3. The van der Waals surface area contributed by atoms with Gasteiger partial charge in [-0.3, -0.25) is 4.79 Å². The van der Waals surface area contributed by atoms with E-state index >= 15 is 0 Å². The number of nitrogens with one attached hydrogen (secondary N) is 1. The fourth-order valence-electron chi connectivity index (χ4n) is 2.97. The highest BCUT2D eigenvalue weighted by Crippen LogP contribution is 2.22. The number of benzene rings is 1. The lowest BCUT2D eigenvalue weighted by molar-refractivity contribution is -0.00793. The third-order valence-electron chi connectivity index (χ3n) is 4.78. The van der Waals surface area contributed by atoms with Crippen molar-refractivity contribution in [2.45, 2.75) is 43.9 Å². The lowest BCUT2D eigenvalue weighted by Gasteiger charge is -2.28. The van der Waals surface area contributed by atoms with Crippen molar-refractivity contribution in [3.05, 3.63) is 46.5 Å². The molecule has 3 unspecified atom stereocenters. The Labute approximate surface area is 195 Å². The number of halogens is 2. The number of sulfonamides is 1. The molecule has 33 heavy (non-hydrogen) atoms. The first-order chi connectivity index (χ1) is 15.4. The molecule has 182 valence electrons. The number of anilines is 1. The normalized spacial score (nSPS) is 14.2. The highest BCUT2D eigenvalue weighted by molar-refractivity contribution is 7.92. The molecule has 0 fully saturated rings. The SMILES string of the molecule is CN(c1nc(C(=O)NC(Cc2cc(F)cc(F)c2)C(O)C(O)CCCC#N)cs1)S(C)(=O)=O.[HH]. The van der Waals surface area contributed by atoms with E-state index in [0.29, 0.717) is 12.5 Å². The van der Waals surface area contributed by atoms with E-state index in [0.717, 1.165) is 34.0 Å². The second-order valence-corrected chi connectivity index (χ2v) is 10.3. The van der Waals surface area contributed by atoms with Crippen LogP contribution < -0.4 is 9.62 Å². The van der Waals surface area contributed by atoms with Crippen LogP contribution in [0.2, 0.25) is 0 Å². The van der Waals surface area contributed by atoms with Crippen LogP contribution in [0.3, 0.4) is 0 Å². The molecule has 9 nitrogen and oxygen atoms in total. The Hall–Kier alpha value is -2.66. The summed E-state index contributed by atoms with van der Waals surface area (Å²) in [5.74, 6) is -2.45. The van der Waals surface area contributed by atoms with Gasteiger partial charge in [-0.25, -0.2) is 26.5 Å². The number of carbonyl (C=O) groups excluding carboxylic acids is 1. The Kier molecular flexibility index (Phi) is 9.24. The molecular weight excluding hydrogens is 478 g/mol. The number of thiazole rings is 1. The molecule has 0 saturated heterocycles. The van der Waals surface area contributed by atoms with E-state index in [2.05, 4.69) is 10.3 Å². The number of carbonyl (C=O) groups is 1. The van der Waals surface area contributed by atoms with Gasteiger partial charge in [0.2, 0.25) is 10.0 Å². The zero-order valence-corrected chi connectivity index (χ0v) is 19.5. The first kappa shape index (κ1) is 26.6. The minimum absolute atomic E-state index is 0. The van der Waals surface area contributed by atoms with Gasteiger partial charge in [-0.15, -0.1) is 11.3 Å². The van der Waals surface area contributed by atoms with Gasteiger partial charge < -0.3 is 15.5 Å². The third-order valence-corrected chi connectivity index (χ3v) is 6.98. The molecule has 1 amide bonds. The molecule has 0 aliphatic rings. The van der Waals surface area contributed by atoms with Gasteiger partial charge in [0.15, 0.2) is 5.13 Å². The molecule has 1 aromatic heterocycles. The summed E-state index contributed by atoms with van der Waals surface area (Å²) in [5.41, 5.74) is 0.00365. The molecule has 3 atom stereocenters. The van der Waals surface area contributed by atoms with Crippen molar-refractivity contribution in [3.8, 4) is 6.07 Å². The van der Waals surface area contributed by atoms with Crippen molar-refractivity contribution in [2.75, 3.05) is 17.6 Å². The Morgan fingerprint density at radius 3 is 2.55 bits per heavy atom. The van der Waals surface area contributed by atoms with Gasteiger partial charge in [0.25, 0.3) is 5.91 Å². The van der Waals surface area contributed by atoms with E-state index < -0.39 is 45.8 Å². The standard InChI is InChI=1S/C20H24F2N4O5S2.H2/c1-26(33(2,30)31)20-25-16(11-32-20)19(29)24-15(18(28)17(27)5-3-4-6-23)9-12-7-13(21)10-14(22)8-12;/h7-8,10-11,15,17-18,27-28H,3-5,9H2,1-2H3,(H,24,29);1H. The second-order valence-electron chi connectivity index (χ2n) is 7.42. The first-order valence-corrected chi connectivity index (χ1v) is 12.5. The van der Waals surface area contributed by atoms with Crippen molar-refractivity contribution < 1.29 is 33.6 Å². The summed E-state index contributed by atoms with van der Waals surface area (Å²) in [6.07, 6.45) is -1.54. The smallest absolute Gasteiger partial charge is 0.271 e. The molecule has 0 bridgehead atoms. The predicted molar refractivity (Wildman–Crippen MR) is 120 cm³/mol. The highest BCUT2D eigenvalue weighted by atomic mass is 32.2. The van der Waals surface area contributed by atoms with Crippen molar-refractivity contribution in [1.82, 2.24) is 10.3 Å². The molecule has 0 saturated carbocycles. The van der Waals surface area contributed by atoms with Crippen LogP contribution in [0.15, 0.2) is 23.6 Å². The molecule has 0 spiro atoms. The maximum Gasteiger partial charge on any atom is 0.271 e. The van der Waals surface area contributed by atoms with Crippen LogP contribution in [0.4, 0.5) is 13.9 Å². The third kappa shape index (κ3) is 7.71. The zero-order chi connectivity index (χ0) is 24.8. The largest absolute Gasteiger partial charge is 0.390 e. The minimum Gasteiger partial charge on any atom is -0.390 e. The van der Waals surface area contributed by atoms with Crippen LogP contribution >= 0.6 is 11.3 Å². The van der Waals surface area contributed by atoms with E-state index in [-0.39, 0.29) is 37.1 Å². The quantitative estimate of drug-likeness (QED) is 0.396. The number of nitrogens with zero attached hydrogens (tertiary/aromatic N) is 3. The summed E-state index contributed by atoms with van der Waals surface area (Å²) in [4.78, 5) is 16.7. The second kappa shape index (κ2) is 11.5. The van der Waals surface area contributed by atoms with Crippen LogP contribution in [0.5, 0.6) is 0 Å². The molecule has 3 N–H and O–H groups in total. The number of aliphatic hydroxyl groups is 2. The van der Waals surface area contributed by atoms with Gasteiger partial charge in [0, 0.05) is 26.3 Å². The highest BCUT2D eigenvalue weighted by Gasteiger charge is 2.29. The summed E-state index contributed by atoms with van der Waals surface area (Å²) in [5, 5.41) is 33.4. The fourth-order valence-corrected chi connectivity index (χ4v) is 4.50. The van der Waals surface area contributed by atoms with Gasteiger partial charge >= 0.3 is 0 Å². The molecule has 13 heteroatoms. The number of aliphatic hydroxyl groups excluding tert-OH is 2. The van der Waals surface area contributed by atoms with Crippen LogP contribution in [-0.2, 0) is 16.4 Å². The first-order valence-electron chi connectivity index (χ1n) is 9.80. The van der Waals surface area contributed by atoms with Crippen molar-refractivity contribution >= 4 is 32.4 Å². The Morgan fingerprint density at radius 2 is 1.97 bits per heavy atom. The molecule has 2 rings (SSSR count). The summed E-state index contributed by atoms with van der Waals surface area (Å²) < 4.78 is 51.5. The van der Waals surface area contributed by atoms with Gasteiger partial charge in [0.1, 0.15) is 23.4 Å². The number of rotatable bonds is 11. The predicted octanol–water partition coefficient (Wildman–Crippen LogP) is 1.82.